The van der Waals surface area contributed by atoms with Crippen molar-refractivity contribution in [2.45, 2.75) is 181 Å². The SMILES string of the molecule is CCCCCCCCCCCCCCCCCC(=O)OC(=O)CCCCCCCCCCC.[Zn].[Zn]. The summed E-state index contributed by atoms with van der Waals surface area (Å²) >= 11 is 0. The molecule has 0 aliphatic rings. The number of carbonyl (C=O) groups excluding carboxylic acids is 2. The van der Waals surface area contributed by atoms with Gasteiger partial charge in [-0.3, -0.25) is 9.59 Å². The fourth-order valence-corrected chi connectivity index (χ4v) is 4.45. The van der Waals surface area contributed by atoms with E-state index in [0.717, 1.165) is 25.7 Å². The van der Waals surface area contributed by atoms with E-state index in [1.165, 1.54) is 128 Å². The quantitative estimate of drug-likeness (QED) is 0.0431. The maximum atomic E-state index is 11.8. The van der Waals surface area contributed by atoms with Crippen molar-refractivity contribution < 1.29 is 53.3 Å². The zero-order valence-corrected chi connectivity index (χ0v) is 30.0. The number of ether oxygens (including phenoxy) is 1. The molecule has 0 N–H and O–H groups in total. The molecule has 200 valence electrons. The van der Waals surface area contributed by atoms with Crippen LogP contribution in [-0.2, 0) is 53.3 Å². The molecule has 0 aromatic rings. The van der Waals surface area contributed by atoms with Crippen LogP contribution in [-0.4, -0.2) is 11.9 Å². The Labute approximate surface area is 245 Å². The summed E-state index contributed by atoms with van der Waals surface area (Å²) < 4.78 is 4.96. The summed E-state index contributed by atoms with van der Waals surface area (Å²) in [5.74, 6) is -0.658. The van der Waals surface area contributed by atoms with Crippen LogP contribution >= 0.6 is 0 Å². The predicted molar refractivity (Wildman–Crippen MR) is 142 cm³/mol. The first-order chi connectivity index (χ1) is 16.2. The minimum Gasteiger partial charge on any atom is -0.393 e. The Morgan fingerprint density at radius 3 is 0.800 bits per heavy atom. The van der Waals surface area contributed by atoms with E-state index in [9.17, 15) is 9.59 Å². The fourth-order valence-electron chi connectivity index (χ4n) is 4.45. The molecule has 35 heavy (non-hydrogen) atoms. The van der Waals surface area contributed by atoms with Crippen LogP contribution in [0.1, 0.15) is 181 Å². The van der Waals surface area contributed by atoms with Gasteiger partial charge in [0.25, 0.3) is 0 Å². The van der Waals surface area contributed by atoms with Gasteiger partial charge in [0.15, 0.2) is 0 Å². The first-order valence-electron chi connectivity index (χ1n) is 14.9. The van der Waals surface area contributed by atoms with E-state index in [0.29, 0.717) is 12.8 Å². The largest absolute Gasteiger partial charge is 0.393 e. The molecule has 0 aromatic carbocycles. The van der Waals surface area contributed by atoms with Crippen LogP contribution in [0, 0.1) is 0 Å². The standard InChI is InChI=1S/C30H58O3.2Zn/c1-3-5-7-9-11-13-14-15-16-17-18-20-22-24-26-28-30(32)33-29(31)27-25-23-21-19-12-10-8-6-4-2;;/h3-28H2,1-2H3;;. The molecule has 0 saturated carbocycles. The second-order valence-corrected chi connectivity index (χ2v) is 10.1. The summed E-state index contributed by atoms with van der Waals surface area (Å²) in [5.41, 5.74) is 0. The van der Waals surface area contributed by atoms with Gasteiger partial charge in [-0.2, -0.15) is 0 Å². The van der Waals surface area contributed by atoms with Gasteiger partial charge in [-0.25, -0.2) is 0 Å². The van der Waals surface area contributed by atoms with Gasteiger partial charge in [0.05, 0.1) is 0 Å². The molecule has 0 amide bonds. The molecule has 0 bridgehead atoms. The zero-order chi connectivity index (χ0) is 24.2. The van der Waals surface area contributed by atoms with E-state index in [1.807, 2.05) is 0 Å². The van der Waals surface area contributed by atoms with E-state index < -0.39 is 0 Å². The smallest absolute Gasteiger partial charge is 0.313 e. The molecule has 0 rings (SSSR count). The normalized spacial score (nSPS) is 10.5. The van der Waals surface area contributed by atoms with Gasteiger partial charge in [0, 0.05) is 51.8 Å². The molecule has 0 aliphatic heterocycles. The molecule has 0 spiro atoms. The van der Waals surface area contributed by atoms with E-state index in [-0.39, 0.29) is 50.9 Å². The average Bonchev–Trinajstić information content (AvgIpc) is 2.80. The summed E-state index contributed by atoms with van der Waals surface area (Å²) in [4.78, 5) is 23.6. The van der Waals surface area contributed by atoms with Crippen LogP contribution in [0.3, 0.4) is 0 Å². The summed E-state index contributed by atoms with van der Waals surface area (Å²) in [6.45, 7) is 4.51. The minimum absolute atomic E-state index is 0. The third-order valence-corrected chi connectivity index (χ3v) is 6.70. The van der Waals surface area contributed by atoms with Crippen molar-refractivity contribution in [1.29, 1.82) is 0 Å². The van der Waals surface area contributed by atoms with Gasteiger partial charge in [0.2, 0.25) is 0 Å². The predicted octanol–water partition coefficient (Wildman–Crippen LogP) is 10.2. The second-order valence-electron chi connectivity index (χ2n) is 10.1. The molecule has 0 atom stereocenters. The molecule has 5 heteroatoms. The Kier molecular flexibility index (Phi) is 39.2. The maximum absolute atomic E-state index is 11.8. The Balaban J connectivity index is -0.00000512. The number of carbonyl (C=O) groups is 2. The second kappa shape index (κ2) is 34.4. The minimum atomic E-state index is -0.330. The first-order valence-corrected chi connectivity index (χ1v) is 14.9. The molecule has 0 aliphatic carbocycles. The first kappa shape index (κ1) is 39.9. The van der Waals surface area contributed by atoms with Crippen LogP contribution in [0.25, 0.3) is 0 Å². The van der Waals surface area contributed by atoms with Crippen molar-refractivity contribution in [3.63, 3.8) is 0 Å². The van der Waals surface area contributed by atoms with Gasteiger partial charge in [-0.05, 0) is 12.8 Å². The average molecular weight is 598 g/mol. The monoisotopic (exact) mass is 594 g/mol. The zero-order valence-electron chi connectivity index (χ0n) is 24.0. The van der Waals surface area contributed by atoms with E-state index in [4.69, 9.17) is 4.74 Å². The third kappa shape index (κ3) is 34.4. The van der Waals surface area contributed by atoms with E-state index >= 15 is 0 Å². The molecular weight excluding hydrogens is 539 g/mol. The van der Waals surface area contributed by atoms with Crippen molar-refractivity contribution in [2.24, 2.45) is 0 Å². The number of hydrogen-bond acceptors (Lipinski definition) is 3. The third-order valence-electron chi connectivity index (χ3n) is 6.70. The van der Waals surface area contributed by atoms with Crippen LogP contribution < -0.4 is 0 Å². The molecule has 0 saturated heterocycles. The van der Waals surface area contributed by atoms with Crippen LogP contribution in [0.5, 0.6) is 0 Å². The Morgan fingerprint density at radius 1 is 0.371 bits per heavy atom. The molecule has 0 fully saturated rings. The molecule has 0 aromatic heterocycles. The summed E-state index contributed by atoms with van der Waals surface area (Å²) in [6, 6.07) is 0. The van der Waals surface area contributed by atoms with Crippen molar-refractivity contribution >= 4 is 11.9 Å². The molecule has 3 nitrogen and oxygen atoms in total. The van der Waals surface area contributed by atoms with Crippen molar-refractivity contribution in [1.82, 2.24) is 0 Å². The van der Waals surface area contributed by atoms with Gasteiger partial charge >= 0.3 is 11.9 Å². The number of esters is 2. The topological polar surface area (TPSA) is 43.4 Å². The molecule has 0 radical (unpaired) electrons. The number of unbranched alkanes of at least 4 members (excludes halogenated alkanes) is 22. The molecular formula is C30H58O3Zn2. The van der Waals surface area contributed by atoms with Crippen molar-refractivity contribution in [3.05, 3.63) is 0 Å². The fraction of sp³-hybridized carbons (Fsp3) is 0.933. The Hall–Kier alpha value is 0.387. The summed E-state index contributed by atoms with van der Waals surface area (Å²) in [5, 5.41) is 0. The molecule has 0 unspecified atom stereocenters. The van der Waals surface area contributed by atoms with Crippen LogP contribution in [0.4, 0.5) is 0 Å². The Morgan fingerprint density at radius 2 is 0.571 bits per heavy atom. The number of hydrogen-bond donors (Lipinski definition) is 0. The van der Waals surface area contributed by atoms with E-state index in [1.54, 1.807) is 0 Å². The molecule has 0 heterocycles. The van der Waals surface area contributed by atoms with Crippen LogP contribution in [0.2, 0.25) is 0 Å². The van der Waals surface area contributed by atoms with Crippen molar-refractivity contribution in [3.8, 4) is 0 Å². The Bertz CT molecular complexity index is 430. The number of rotatable bonds is 26. The van der Waals surface area contributed by atoms with E-state index in [2.05, 4.69) is 13.8 Å². The summed E-state index contributed by atoms with van der Waals surface area (Å²) in [6.07, 6.45) is 31.4. The van der Waals surface area contributed by atoms with Gasteiger partial charge in [-0.15, -0.1) is 0 Å². The van der Waals surface area contributed by atoms with Crippen molar-refractivity contribution in [2.75, 3.05) is 0 Å². The van der Waals surface area contributed by atoms with Crippen LogP contribution in [0.15, 0.2) is 0 Å². The van der Waals surface area contributed by atoms with Gasteiger partial charge < -0.3 is 4.74 Å². The van der Waals surface area contributed by atoms with Gasteiger partial charge in [-0.1, -0.05) is 155 Å². The maximum Gasteiger partial charge on any atom is 0.313 e. The summed E-state index contributed by atoms with van der Waals surface area (Å²) in [7, 11) is 0. The van der Waals surface area contributed by atoms with Gasteiger partial charge in [0.1, 0.15) is 0 Å².